The average molecular weight is 1650 g/mol. The van der Waals surface area contributed by atoms with E-state index in [-0.39, 0.29) is 23.7 Å². The second-order valence-electron chi connectivity index (χ2n) is 22.6. The Labute approximate surface area is 664 Å². The van der Waals surface area contributed by atoms with E-state index < -0.39 is 34.6 Å². The number of aliphatic hydroxyl groups is 1. The number of benzene rings is 6. The number of aromatic nitrogens is 15. The first-order chi connectivity index (χ1) is 54.6. The SMILES string of the molecule is CCc1cn(-c2ccc(Cl)cc2-c2cccc(=O)o2)nn1.CCc1cn(-c2ccc(Cl)cc2C=O)nn1.O=Cc1cn(-c2ccc(Cl)cc2-c2cccc(=O)o2)nn1.O=c1cccc(-c2cc(Cl)ccc2-n2cc(C(F)F)nn2)o1.O=c1cccc(-c2cc(Cl)ccc2-n2cc(CO)nn2)o1.[N-]=[N+]=Nc1ccc(Cl)cc1C=O. The summed E-state index contributed by atoms with van der Waals surface area (Å²) in [7, 11) is 0. The van der Waals surface area contributed by atoms with Crippen molar-refractivity contribution in [2.45, 2.75) is 39.7 Å². The van der Waals surface area contributed by atoms with E-state index in [1.165, 1.54) is 62.7 Å². The summed E-state index contributed by atoms with van der Waals surface area (Å²) in [5, 5.41) is 53.8. The fraction of sp³-hybridized carbons (Fsp3) is 0.0800. The van der Waals surface area contributed by atoms with Crippen molar-refractivity contribution in [3.05, 3.63) is 335 Å². The van der Waals surface area contributed by atoms with Crippen LogP contribution in [0.3, 0.4) is 0 Å². The maximum Gasteiger partial charge on any atom is 0.336 e. The molecule has 0 unspecified atom stereocenters. The third-order valence-electron chi connectivity index (χ3n) is 15.2. The lowest BCUT2D eigenvalue weighted by Crippen LogP contribution is -2.01. The molecule has 0 fully saturated rings. The van der Waals surface area contributed by atoms with Gasteiger partial charge in [-0.2, -0.15) is 0 Å². The molecule has 0 saturated carbocycles. The Morgan fingerprint density at radius 2 is 0.743 bits per heavy atom. The molecule has 15 rings (SSSR count). The highest BCUT2D eigenvalue weighted by Crippen LogP contribution is 2.34. The highest BCUT2D eigenvalue weighted by atomic mass is 35.5. The highest BCUT2D eigenvalue weighted by Gasteiger charge is 2.20. The zero-order valence-electron chi connectivity index (χ0n) is 58.1. The van der Waals surface area contributed by atoms with Crippen molar-refractivity contribution in [1.82, 2.24) is 75.0 Å². The van der Waals surface area contributed by atoms with Gasteiger partial charge in [-0.15, -0.1) is 25.5 Å². The molecule has 9 aromatic heterocycles. The van der Waals surface area contributed by atoms with Crippen LogP contribution in [-0.4, -0.2) is 98.9 Å². The van der Waals surface area contributed by atoms with Crippen molar-refractivity contribution in [3.8, 4) is 73.7 Å². The fourth-order valence-electron chi connectivity index (χ4n) is 9.94. The molecule has 0 radical (unpaired) electrons. The summed E-state index contributed by atoms with van der Waals surface area (Å²) in [5.74, 6) is 1.41. The number of nitrogens with zero attached hydrogens (tertiary/aromatic N) is 18. The van der Waals surface area contributed by atoms with E-state index in [1.807, 2.05) is 26.1 Å². The van der Waals surface area contributed by atoms with Gasteiger partial charge in [-0.3, -0.25) is 14.4 Å². The first kappa shape index (κ1) is 82.2. The maximum atomic E-state index is 12.6. The molecule has 30 nitrogen and oxygen atoms in total. The van der Waals surface area contributed by atoms with Crippen LogP contribution in [0, 0.1) is 0 Å². The van der Waals surface area contributed by atoms with Gasteiger partial charge in [0.2, 0.25) is 0 Å². The number of aliphatic hydroxyl groups excluding tert-OH is 1. The lowest BCUT2D eigenvalue weighted by molar-refractivity contribution is 0.111. The maximum absolute atomic E-state index is 12.6. The summed E-state index contributed by atoms with van der Waals surface area (Å²) in [6, 6.07) is 47.9. The standard InChI is InChI=1S/C15H12ClN3O2.C14H8ClF2N3O2.C14H10ClN3O3.C14H8ClN3O3.C11H10ClN3O.C7H4ClN3O/c1-2-11-9-19(18-17-11)13-7-6-10(16)8-12(13)14-4-3-5-15(20)21-14;15-8-4-5-11(20-7-10(14(16)17)18-19-20)9(6-8)12-2-1-3-13(21)22-12;2*15-9-4-5-12(18-7-10(8-19)16-17-18)11(6-9)13-2-1-3-14(20)21-13;1-2-10-6-15(14-13-10)11-4-3-9(12)5-8(11)7-16;8-6-1-2-7(10-11-9)5(3-6)4-12/h3-9H,2H2,1H3;1-7,14H;1-7,19H,8H2;1-8H;3-7H,2H2,1H3;1-4H. The minimum atomic E-state index is -2.72. The average Bonchev–Trinajstić information content (AvgIpc) is 1.07. The Morgan fingerprint density at radius 3 is 1.07 bits per heavy atom. The van der Waals surface area contributed by atoms with Gasteiger partial charge in [0.25, 0.3) is 6.43 Å². The van der Waals surface area contributed by atoms with Crippen LogP contribution in [0.1, 0.15) is 74.3 Å². The van der Waals surface area contributed by atoms with Gasteiger partial charge < -0.3 is 22.8 Å². The van der Waals surface area contributed by atoms with Gasteiger partial charge in [-0.05, 0) is 146 Å². The summed E-state index contributed by atoms with van der Waals surface area (Å²) >= 11 is 35.5. The van der Waals surface area contributed by atoms with Crippen molar-refractivity contribution in [3.63, 3.8) is 0 Å². The fourth-order valence-corrected chi connectivity index (χ4v) is 11.0. The Hall–Kier alpha value is -13.3. The monoisotopic (exact) mass is 1640 g/mol. The molecule has 0 spiro atoms. The predicted molar refractivity (Wildman–Crippen MR) is 414 cm³/mol. The number of rotatable bonds is 17. The van der Waals surface area contributed by atoms with Crippen molar-refractivity contribution < 1.29 is 45.9 Å². The van der Waals surface area contributed by atoms with Crippen LogP contribution in [0.5, 0.6) is 0 Å². The van der Waals surface area contributed by atoms with Crippen LogP contribution in [-0.2, 0) is 19.4 Å². The number of halogens is 8. The van der Waals surface area contributed by atoms with Crippen molar-refractivity contribution in [2.24, 2.45) is 5.11 Å². The summed E-state index contributed by atoms with van der Waals surface area (Å²) < 4.78 is 53.3. The van der Waals surface area contributed by atoms with E-state index in [1.54, 1.807) is 155 Å². The van der Waals surface area contributed by atoms with Crippen LogP contribution in [0.25, 0.3) is 84.2 Å². The van der Waals surface area contributed by atoms with Crippen LogP contribution in [0.2, 0.25) is 30.1 Å². The topological polar surface area (TPSA) is 395 Å². The van der Waals surface area contributed by atoms with E-state index in [0.29, 0.717) is 122 Å². The third-order valence-corrected chi connectivity index (χ3v) is 16.6. The van der Waals surface area contributed by atoms with Gasteiger partial charge in [-0.1, -0.05) is 145 Å². The molecule has 0 atom stereocenters. The molecule has 38 heteroatoms. The van der Waals surface area contributed by atoms with E-state index in [2.05, 4.69) is 61.6 Å². The highest BCUT2D eigenvalue weighted by molar-refractivity contribution is 6.32. The summed E-state index contributed by atoms with van der Waals surface area (Å²) in [6.07, 6.45) is 8.65. The summed E-state index contributed by atoms with van der Waals surface area (Å²) in [5.41, 5.74) is 14.7. The number of alkyl halides is 2. The molecular weight excluding hydrogens is 1600 g/mol. The Balaban J connectivity index is 0.000000145. The van der Waals surface area contributed by atoms with E-state index in [9.17, 15) is 42.3 Å². The normalized spacial score (nSPS) is 10.5. The van der Waals surface area contributed by atoms with Crippen LogP contribution >= 0.6 is 69.6 Å². The smallest absolute Gasteiger partial charge is 0.336 e. The molecule has 0 bridgehead atoms. The number of aldehydes is 3. The molecule has 0 aliphatic rings. The molecule has 0 saturated heterocycles. The van der Waals surface area contributed by atoms with Gasteiger partial charge in [0.1, 0.15) is 40.1 Å². The lowest BCUT2D eigenvalue weighted by Gasteiger charge is -2.08. The predicted octanol–water partition coefficient (Wildman–Crippen LogP) is 16.4. The van der Waals surface area contributed by atoms with Crippen molar-refractivity contribution >= 4 is 94.2 Å². The van der Waals surface area contributed by atoms with Crippen molar-refractivity contribution in [2.75, 3.05) is 0 Å². The molecule has 1 N–H and O–H groups in total. The minimum Gasteiger partial charge on any atom is -0.423 e. The quantitative estimate of drug-likeness (QED) is 0.0383. The van der Waals surface area contributed by atoms with Crippen LogP contribution < -0.4 is 22.5 Å². The number of hydrogen-bond acceptors (Lipinski definition) is 23. The van der Waals surface area contributed by atoms with Gasteiger partial charge in [-0.25, -0.2) is 51.4 Å². The number of azide groups is 1. The van der Waals surface area contributed by atoms with Crippen LogP contribution in [0.15, 0.2) is 255 Å². The summed E-state index contributed by atoms with van der Waals surface area (Å²) in [6.45, 7) is 3.80. The number of carbonyl (C=O) groups excluding carboxylic acids is 3. The zero-order chi connectivity index (χ0) is 80.7. The summed E-state index contributed by atoms with van der Waals surface area (Å²) in [4.78, 5) is 80.1. The van der Waals surface area contributed by atoms with Crippen molar-refractivity contribution in [1.29, 1.82) is 0 Å². The van der Waals surface area contributed by atoms with E-state index >= 15 is 0 Å². The number of carbonyl (C=O) groups is 3. The van der Waals surface area contributed by atoms with E-state index in [0.717, 1.165) is 42.4 Å². The molecule has 0 aliphatic carbocycles. The van der Waals surface area contributed by atoms with Gasteiger partial charge in [0.05, 0.1) is 77.4 Å². The third kappa shape index (κ3) is 22.0. The van der Waals surface area contributed by atoms with Gasteiger partial charge in [0, 0.05) is 98.4 Å². The first-order valence-electron chi connectivity index (χ1n) is 32.7. The van der Waals surface area contributed by atoms with Gasteiger partial charge in [0.15, 0.2) is 18.9 Å². The minimum absolute atomic E-state index is 0.199. The lowest BCUT2D eigenvalue weighted by atomic mass is 10.1. The Kier molecular flexibility index (Phi) is 28.6. The molecule has 6 aromatic carbocycles. The largest absolute Gasteiger partial charge is 0.423 e. The number of aryl methyl sites for hydroxylation is 2. The molecule has 0 amide bonds. The van der Waals surface area contributed by atoms with E-state index in [4.69, 9.17) is 97.9 Å². The Morgan fingerprint density at radius 1 is 0.416 bits per heavy atom. The molecule has 0 aliphatic heterocycles. The first-order valence-corrected chi connectivity index (χ1v) is 34.9. The molecule has 15 aromatic rings. The zero-order valence-corrected chi connectivity index (χ0v) is 62.7. The molecule has 570 valence electrons. The molecule has 9 heterocycles. The second kappa shape index (κ2) is 39.4. The molecule has 113 heavy (non-hydrogen) atoms. The Bertz CT molecular complexity index is 6050. The number of hydrogen-bond donors (Lipinski definition) is 1. The molecular formula is C75H52Cl6F2N18O12. The van der Waals surface area contributed by atoms with Gasteiger partial charge >= 0.3 is 22.5 Å². The second-order valence-corrected chi connectivity index (χ2v) is 25.3. The van der Waals surface area contributed by atoms with Crippen LogP contribution in [0.4, 0.5) is 14.5 Å².